The van der Waals surface area contributed by atoms with Gasteiger partial charge in [-0.15, -0.1) is 0 Å². The molecule has 0 aliphatic heterocycles. The minimum atomic E-state index is -0.542. The van der Waals surface area contributed by atoms with Gasteiger partial charge in [0.05, 0.1) is 7.11 Å². The van der Waals surface area contributed by atoms with Crippen LogP contribution < -0.4 is 18.9 Å². The van der Waals surface area contributed by atoms with Crippen molar-refractivity contribution in [2.75, 3.05) is 7.11 Å². The Labute approximate surface area is 215 Å². The van der Waals surface area contributed by atoms with Gasteiger partial charge in [0.2, 0.25) is 0 Å². The van der Waals surface area contributed by atoms with Gasteiger partial charge in [-0.05, 0) is 73.4 Å². The standard InChI is InChI=1S/C30H28O7/c1-19(2)29(32)36-25-12-6-21(7-13-25)8-17-28(31)35-24-14-9-22(10-15-24)23-11-16-26(34-5)27(18-23)37-30(33)20(3)4/h6-7,9-16,18H,1,3,8,17H2,2,4-5H3. The topological polar surface area (TPSA) is 88.1 Å². The summed E-state index contributed by atoms with van der Waals surface area (Å²) in [6.07, 6.45) is 0.658. The lowest BCUT2D eigenvalue weighted by Crippen LogP contribution is -2.09. The fourth-order valence-electron chi connectivity index (χ4n) is 3.19. The van der Waals surface area contributed by atoms with E-state index in [-0.39, 0.29) is 23.7 Å². The SMILES string of the molecule is C=C(C)C(=O)Oc1ccc(CCC(=O)Oc2ccc(-c3ccc(OC)c(OC(=O)C(=C)C)c3)cc2)cc1. The molecule has 190 valence electrons. The highest BCUT2D eigenvalue weighted by Crippen LogP contribution is 2.33. The maximum atomic E-state index is 12.3. The molecular formula is C30H28O7. The van der Waals surface area contributed by atoms with Crippen LogP contribution in [-0.4, -0.2) is 25.0 Å². The largest absolute Gasteiger partial charge is 0.493 e. The van der Waals surface area contributed by atoms with E-state index in [9.17, 15) is 14.4 Å². The fourth-order valence-corrected chi connectivity index (χ4v) is 3.19. The van der Waals surface area contributed by atoms with Gasteiger partial charge in [0, 0.05) is 17.6 Å². The minimum absolute atomic E-state index is 0.183. The second kappa shape index (κ2) is 12.4. The third-order valence-corrected chi connectivity index (χ3v) is 5.23. The number of aryl methyl sites for hydroxylation is 1. The van der Waals surface area contributed by atoms with Crippen LogP contribution in [0.5, 0.6) is 23.0 Å². The third-order valence-electron chi connectivity index (χ3n) is 5.23. The van der Waals surface area contributed by atoms with Crippen molar-refractivity contribution in [2.45, 2.75) is 26.7 Å². The second-order valence-electron chi connectivity index (χ2n) is 8.35. The summed E-state index contributed by atoms with van der Waals surface area (Å²) in [5.41, 5.74) is 3.13. The fraction of sp³-hybridized carbons (Fsp3) is 0.167. The van der Waals surface area contributed by atoms with Gasteiger partial charge in [-0.3, -0.25) is 4.79 Å². The molecule has 0 fully saturated rings. The van der Waals surface area contributed by atoms with Crippen LogP contribution in [0.4, 0.5) is 0 Å². The van der Waals surface area contributed by atoms with Crippen LogP contribution in [0.25, 0.3) is 11.1 Å². The molecule has 0 bridgehead atoms. The van der Waals surface area contributed by atoms with E-state index in [1.165, 1.54) is 7.11 Å². The van der Waals surface area contributed by atoms with Crippen LogP contribution in [0.3, 0.4) is 0 Å². The molecule has 3 aromatic rings. The van der Waals surface area contributed by atoms with Crippen LogP contribution in [-0.2, 0) is 20.8 Å². The molecule has 0 spiro atoms. The highest BCUT2D eigenvalue weighted by atomic mass is 16.6. The van der Waals surface area contributed by atoms with Gasteiger partial charge in [-0.25, -0.2) is 9.59 Å². The first-order valence-corrected chi connectivity index (χ1v) is 11.5. The predicted octanol–water partition coefficient (Wildman–Crippen LogP) is 5.86. The van der Waals surface area contributed by atoms with Crippen molar-refractivity contribution in [1.29, 1.82) is 0 Å². The third kappa shape index (κ3) is 7.67. The molecule has 0 atom stereocenters. The van der Waals surface area contributed by atoms with Gasteiger partial charge < -0.3 is 18.9 Å². The van der Waals surface area contributed by atoms with Crippen molar-refractivity contribution < 1.29 is 33.3 Å². The van der Waals surface area contributed by atoms with Gasteiger partial charge in [-0.1, -0.05) is 43.5 Å². The van der Waals surface area contributed by atoms with Crippen LogP contribution in [0, 0.1) is 0 Å². The Balaban J connectivity index is 1.58. The maximum absolute atomic E-state index is 12.3. The van der Waals surface area contributed by atoms with Crippen molar-refractivity contribution in [3.8, 4) is 34.1 Å². The molecule has 7 nitrogen and oxygen atoms in total. The molecule has 0 N–H and O–H groups in total. The summed E-state index contributed by atoms with van der Waals surface area (Å²) in [6.45, 7) is 10.3. The van der Waals surface area contributed by atoms with Crippen molar-refractivity contribution in [3.63, 3.8) is 0 Å². The monoisotopic (exact) mass is 500 g/mol. The summed E-state index contributed by atoms with van der Waals surface area (Å²) in [4.78, 5) is 35.9. The zero-order valence-electron chi connectivity index (χ0n) is 21.0. The van der Waals surface area contributed by atoms with Gasteiger partial charge in [0.15, 0.2) is 11.5 Å². The van der Waals surface area contributed by atoms with E-state index in [0.717, 1.165) is 16.7 Å². The molecule has 0 aliphatic carbocycles. The lowest BCUT2D eigenvalue weighted by Gasteiger charge is -2.12. The number of ether oxygens (including phenoxy) is 4. The molecule has 37 heavy (non-hydrogen) atoms. The van der Waals surface area contributed by atoms with Crippen LogP contribution in [0.1, 0.15) is 25.8 Å². The highest BCUT2D eigenvalue weighted by Gasteiger charge is 2.13. The quantitative estimate of drug-likeness (QED) is 0.196. The number of rotatable bonds is 10. The normalized spacial score (nSPS) is 10.2. The first-order chi connectivity index (χ1) is 17.7. The molecule has 7 heteroatoms. The number of carbonyl (C=O) groups is 3. The molecule has 0 unspecified atom stereocenters. The molecular weight excluding hydrogens is 472 g/mol. The average molecular weight is 501 g/mol. The van der Waals surface area contributed by atoms with E-state index in [4.69, 9.17) is 18.9 Å². The number of carbonyl (C=O) groups excluding carboxylic acids is 3. The molecule has 3 aromatic carbocycles. The molecule has 0 heterocycles. The molecule has 3 rings (SSSR count). The smallest absolute Gasteiger partial charge is 0.338 e. The zero-order chi connectivity index (χ0) is 26.9. The summed E-state index contributed by atoms with van der Waals surface area (Å²) >= 11 is 0. The maximum Gasteiger partial charge on any atom is 0.338 e. The van der Waals surface area contributed by atoms with Gasteiger partial charge in [0.25, 0.3) is 0 Å². The number of hydrogen-bond donors (Lipinski definition) is 0. The van der Waals surface area contributed by atoms with Gasteiger partial charge in [-0.2, -0.15) is 0 Å². The molecule has 0 radical (unpaired) electrons. The molecule has 0 saturated carbocycles. The van der Waals surface area contributed by atoms with E-state index in [0.29, 0.717) is 29.2 Å². The summed E-state index contributed by atoms with van der Waals surface area (Å²) in [6, 6.07) is 19.2. The van der Waals surface area contributed by atoms with E-state index in [1.807, 2.05) is 6.07 Å². The van der Waals surface area contributed by atoms with Gasteiger partial charge >= 0.3 is 17.9 Å². The van der Waals surface area contributed by atoms with E-state index < -0.39 is 11.9 Å². The van der Waals surface area contributed by atoms with Crippen molar-refractivity contribution in [1.82, 2.24) is 0 Å². The Bertz CT molecular complexity index is 1320. The highest BCUT2D eigenvalue weighted by molar-refractivity contribution is 5.89. The van der Waals surface area contributed by atoms with Crippen LogP contribution in [0.15, 0.2) is 91.0 Å². The summed E-state index contributed by atoms with van der Waals surface area (Å²) in [5.74, 6) is 0.136. The van der Waals surface area contributed by atoms with E-state index >= 15 is 0 Å². The van der Waals surface area contributed by atoms with Crippen molar-refractivity contribution in [3.05, 3.63) is 96.6 Å². The lowest BCUT2D eigenvalue weighted by molar-refractivity contribution is -0.134. The Morgan fingerprint density at radius 2 is 1.22 bits per heavy atom. The Hall–Kier alpha value is -4.65. The Kier molecular flexibility index (Phi) is 9.00. The minimum Gasteiger partial charge on any atom is -0.493 e. The first kappa shape index (κ1) is 26.9. The number of esters is 3. The van der Waals surface area contributed by atoms with Crippen LogP contribution >= 0.6 is 0 Å². The zero-order valence-corrected chi connectivity index (χ0v) is 21.0. The molecule has 0 saturated heterocycles. The molecule has 0 aromatic heterocycles. The molecule has 0 amide bonds. The average Bonchev–Trinajstić information content (AvgIpc) is 2.88. The molecule has 0 aliphatic rings. The van der Waals surface area contributed by atoms with Crippen molar-refractivity contribution in [2.24, 2.45) is 0 Å². The summed E-state index contributed by atoms with van der Waals surface area (Å²) in [7, 11) is 1.49. The van der Waals surface area contributed by atoms with Crippen molar-refractivity contribution >= 4 is 17.9 Å². The summed E-state index contributed by atoms with van der Waals surface area (Å²) < 4.78 is 21.3. The predicted molar refractivity (Wildman–Crippen MR) is 140 cm³/mol. The number of methoxy groups -OCH3 is 1. The first-order valence-electron chi connectivity index (χ1n) is 11.5. The second-order valence-corrected chi connectivity index (χ2v) is 8.35. The van der Waals surface area contributed by atoms with E-state index in [2.05, 4.69) is 13.2 Å². The Morgan fingerprint density at radius 3 is 1.81 bits per heavy atom. The van der Waals surface area contributed by atoms with Crippen LogP contribution in [0.2, 0.25) is 0 Å². The van der Waals surface area contributed by atoms with Gasteiger partial charge in [0.1, 0.15) is 11.5 Å². The Morgan fingerprint density at radius 1 is 0.676 bits per heavy atom. The number of hydrogen-bond acceptors (Lipinski definition) is 7. The summed E-state index contributed by atoms with van der Waals surface area (Å²) in [5, 5.41) is 0. The lowest BCUT2D eigenvalue weighted by atomic mass is 10.0. The van der Waals surface area contributed by atoms with E-state index in [1.54, 1.807) is 74.5 Å². The number of benzene rings is 3.